The summed E-state index contributed by atoms with van der Waals surface area (Å²) in [5.41, 5.74) is 0. The number of hydrogen-bond donors (Lipinski definition) is 0. The van der Waals surface area contributed by atoms with E-state index >= 15 is 0 Å². The van der Waals surface area contributed by atoms with Gasteiger partial charge in [0.1, 0.15) is 0 Å². The Morgan fingerprint density at radius 2 is 1.83 bits per heavy atom. The highest BCUT2D eigenvalue weighted by atomic mass is 14.4. The van der Waals surface area contributed by atoms with Gasteiger partial charge in [0.05, 0.1) is 0 Å². The van der Waals surface area contributed by atoms with Gasteiger partial charge in [0, 0.05) is 5.48 Å². The lowest BCUT2D eigenvalue weighted by Gasteiger charge is -2.40. The lowest BCUT2D eigenvalue weighted by atomic mass is 9.65. The molecule has 2 fully saturated rings. The monoisotopic (exact) mass is 170 g/mol. The third kappa shape index (κ3) is 1.67. The summed E-state index contributed by atoms with van der Waals surface area (Å²) in [7, 11) is 0. The molecule has 2 aliphatic rings. The molecule has 4 atom stereocenters. The average Bonchev–Trinajstić information content (AvgIpc) is 2.13. The maximum atomic E-state index is 8.21. The van der Waals surface area contributed by atoms with E-state index in [2.05, 4.69) is 6.92 Å². The van der Waals surface area contributed by atoms with Gasteiger partial charge in [-0.25, -0.2) is 0 Å². The maximum Gasteiger partial charge on any atom is 0.0272 e. The smallest absolute Gasteiger partial charge is 0.0272 e. The molecule has 2 aliphatic carbocycles. The molecule has 0 heteroatoms. The minimum absolute atomic E-state index is 0.0857. The molecule has 0 saturated heterocycles. The van der Waals surface area contributed by atoms with Gasteiger partial charge in [0.2, 0.25) is 0 Å². The summed E-state index contributed by atoms with van der Waals surface area (Å²) >= 11 is 0. The van der Waals surface area contributed by atoms with E-state index in [4.69, 9.17) is 5.48 Å². The molecule has 0 nitrogen and oxygen atoms in total. The molecule has 0 amide bonds. The Labute approximate surface area is 82.4 Å². The zero-order chi connectivity index (χ0) is 12.1. The van der Waals surface area contributed by atoms with Crippen LogP contribution in [0, 0.1) is 23.7 Å². The van der Waals surface area contributed by atoms with Crippen molar-refractivity contribution in [1.82, 2.24) is 0 Å². The van der Waals surface area contributed by atoms with Crippen LogP contribution in [0.2, 0.25) is 0 Å². The van der Waals surface area contributed by atoms with Crippen LogP contribution in [-0.4, -0.2) is 0 Å². The molecule has 2 rings (SSSR count). The van der Waals surface area contributed by atoms with Crippen LogP contribution in [0.4, 0.5) is 0 Å². The molecular weight excluding hydrogens is 144 g/mol. The first-order valence-electron chi connectivity index (χ1n) is 7.25. The summed E-state index contributed by atoms with van der Waals surface area (Å²) in [5, 5.41) is 0. The van der Waals surface area contributed by atoms with Crippen LogP contribution in [0.5, 0.6) is 0 Å². The van der Waals surface area contributed by atoms with Gasteiger partial charge in [-0.15, -0.1) is 0 Å². The number of hydrogen-bond acceptors (Lipinski definition) is 0. The van der Waals surface area contributed by atoms with Gasteiger partial charge in [-0.3, -0.25) is 0 Å². The minimum atomic E-state index is -1.33. The van der Waals surface area contributed by atoms with E-state index in [1.165, 1.54) is 0 Å². The third-order valence-electron chi connectivity index (χ3n) is 3.39. The zero-order valence-electron chi connectivity index (χ0n) is 12.1. The number of fused-ring (bicyclic) bond motifs is 1. The molecule has 2 saturated carbocycles. The Bertz CT molecular complexity index is 274. The number of rotatable bonds is 0. The van der Waals surface area contributed by atoms with Gasteiger partial charge in [-0.2, -0.15) is 0 Å². The SMILES string of the molecule is [2H]C1([2H])CC2CC(C)CCC2C([2H])([2H])C1C. The second-order valence-corrected chi connectivity index (χ2v) is 4.58. The van der Waals surface area contributed by atoms with Gasteiger partial charge in [-0.05, 0) is 49.3 Å². The highest BCUT2D eigenvalue weighted by molar-refractivity contribution is 4.83. The van der Waals surface area contributed by atoms with Crippen LogP contribution in [0.15, 0.2) is 0 Å². The Hall–Kier alpha value is 0. The van der Waals surface area contributed by atoms with Crippen molar-refractivity contribution in [3.05, 3.63) is 0 Å². The Morgan fingerprint density at radius 1 is 1.00 bits per heavy atom. The molecule has 0 heterocycles. The average molecular weight is 170 g/mol. The van der Waals surface area contributed by atoms with Crippen molar-refractivity contribution in [3.63, 3.8) is 0 Å². The fourth-order valence-electron chi connectivity index (χ4n) is 2.65. The molecule has 0 aromatic carbocycles. The molecular formula is C12H22. The molecule has 4 unspecified atom stereocenters. The van der Waals surface area contributed by atoms with Crippen molar-refractivity contribution in [2.45, 2.75) is 52.3 Å². The lowest BCUT2D eigenvalue weighted by molar-refractivity contribution is 0.109. The van der Waals surface area contributed by atoms with Crippen molar-refractivity contribution in [2.24, 2.45) is 23.7 Å². The van der Waals surface area contributed by atoms with Crippen molar-refractivity contribution < 1.29 is 5.48 Å². The Kier molecular flexibility index (Phi) is 1.42. The lowest BCUT2D eigenvalue weighted by Crippen LogP contribution is -2.29. The van der Waals surface area contributed by atoms with Crippen molar-refractivity contribution in [1.29, 1.82) is 0 Å². The van der Waals surface area contributed by atoms with Crippen LogP contribution < -0.4 is 0 Å². The first-order chi connectivity index (χ1) is 7.25. The van der Waals surface area contributed by atoms with E-state index in [9.17, 15) is 0 Å². The first kappa shape index (κ1) is 5.02. The van der Waals surface area contributed by atoms with Crippen LogP contribution >= 0.6 is 0 Å². The van der Waals surface area contributed by atoms with Crippen LogP contribution in [0.1, 0.15) is 57.8 Å². The second-order valence-electron chi connectivity index (χ2n) is 4.58. The Balaban J connectivity index is 2.26. The van der Waals surface area contributed by atoms with E-state index in [0.717, 1.165) is 19.3 Å². The van der Waals surface area contributed by atoms with E-state index in [1.54, 1.807) is 6.92 Å². The highest BCUT2D eigenvalue weighted by Crippen LogP contribution is 2.44. The Morgan fingerprint density at radius 3 is 2.67 bits per heavy atom. The van der Waals surface area contributed by atoms with E-state index < -0.39 is 18.7 Å². The van der Waals surface area contributed by atoms with Crippen molar-refractivity contribution in [3.8, 4) is 0 Å². The highest BCUT2D eigenvalue weighted by Gasteiger charge is 2.32. The topological polar surface area (TPSA) is 0 Å². The summed E-state index contributed by atoms with van der Waals surface area (Å²) in [6.07, 6.45) is 0.961. The van der Waals surface area contributed by atoms with Gasteiger partial charge in [0.15, 0.2) is 0 Å². The van der Waals surface area contributed by atoms with Gasteiger partial charge >= 0.3 is 0 Å². The summed E-state index contributed by atoms with van der Waals surface area (Å²) in [5.74, 6) is 0.503. The van der Waals surface area contributed by atoms with Crippen molar-refractivity contribution >= 4 is 0 Å². The van der Waals surface area contributed by atoms with Crippen LogP contribution in [-0.2, 0) is 0 Å². The normalized spacial score (nSPS) is 61.8. The summed E-state index contributed by atoms with van der Waals surface area (Å²) in [6.45, 7) is 3.95. The van der Waals surface area contributed by atoms with Gasteiger partial charge in [0.25, 0.3) is 0 Å². The molecule has 0 aliphatic heterocycles. The molecule has 0 bridgehead atoms. The summed E-state index contributed by atoms with van der Waals surface area (Å²) in [6, 6.07) is 0. The van der Waals surface area contributed by atoms with Gasteiger partial charge < -0.3 is 0 Å². The quantitative estimate of drug-likeness (QED) is 0.518. The molecule has 0 radical (unpaired) electrons. The summed E-state index contributed by atoms with van der Waals surface area (Å²) < 4.78 is 32.4. The minimum Gasteiger partial charge on any atom is -0.0625 e. The fourth-order valence-corrected chi connectivity index (χ4v) is 2.65. The molecule has 0 aromatic rings. The second kappa shape index (κ2) is 3.40. The maximum absolute atomic E-state index is 8.21. The van der Waals surface area contributed by atoms with E-state index in [1.807, 2.05) is 0 Å². The standard InChI is InChI=1S/C12H22/c1-9-3-5-12-8-10(2)4-6-11(12)7-9/h9-12H,3-8H2,1-2H3/i3D2,7D2. The predicted octanol–water partition coefficient (Wildman–Crippen LogP) is 3.86. The molecule has 70 valence electrons. The summed E-state index contributed by atoms with van der Waals surface area (Å²) in [4.78, 5) is 0. The largest absolute Gasteiger partial charge is 0.0625 e. The van der Waals surface area contributed by atoms with E-state index in [0.29, 0.717) is 12.3 Å². The fraction of sp³-hybridized carbons (Fsp3) is 1.00. The third-order valence-corrected chi connectivity index (χ3v) is 3.39. The van der Waals surface area contributed by atoms with Crippen LogP contribution in [0.3, 0.4) is 0 Å². The zero-order valence-corrected chi connectivity index (χ0v) is 8.14. The predicted molar refractivity (Wildman–Crippen MR) is 53.0 cm³/mol. The first-order valence-corrected chi connectivity index (χ1v) is 5.25. The molecule has 0 N–H and O–H groups in total. The molecule has 12 heavy (non-hydrogen) atoms. The van der Waals surface area contributed by atoms with Gasteiger partial charge in [-0.1, -0.05) is 26.6 Å². The molecule has 0 spiro atoms. The van der Waals surface area contributed by atoms with Crippen molar-refractivity contribution in [2.75, 3.05) is 0 Å². The molecule has 0 aromatic heterocycles. The van der Waals surface area contributed by atoms with Crippen LogP contribution in [0.25, 0.3) is 0 Å². The van der Waals surface area contributed by atoms with E-state index in [-0.39, 0.29) is 11.8 Å².